The molecule has 0 saturated carbocycles. The number of aromatic amines is 1. The number of anilines is 2. The molecule has 2 aromatic carbocycles. The van der Waals surface area contributed by atoms with Crippen LogP contribution in [0.5, 0.6) is 0 Å². The second kappa shape index (κ2) is 6.41. The number of fused-ring (bicyclic) bond motifs is 1. The molecule has 6 nitrogen and oxygen atoms in total. The Morgan fingerprint density at radius 3 is 2.50 bits per heavy atom. The van der Waals surface area contributed by atoms with Crippen molar-refractivity contribution in [2.24, 2.45) is 0 Å². The van der Waals surface area contributed by atoms with Crippen LogP contribution in [0.3, 0.4) is 0 Å². The average Bonchev–Trinajstić information content (AvgIpc) is 2.98. The maximum atomic E-state index is 13.2. The fraction of sp³-hybridized carbons (Fsp3) is 0.0588. The monoisotopic (exact) mass is 326 g/mol. The molecule has 1 heterocycles. The van der Waals surface area contributed by atoms with Crippen LogP contribution >= 0.6 is 0 Å². The first-order valence-corrected chi connectivity index (χ1v) is 7.23. The largest absolute Gasteiger partial charge is 0.351 e. The number of H-pyrrole nitrogens is 1. The molecule has 0 aliphatic rings. The summed E-state index contributed by atoms with van der Waals surface area (Å²) in [6.45, 7) is 0. The first kappa shape index (κ1) is 15.5. The lowest BCUT2D eigenvalue weighted by Gasteiger charge is -2.08. The quantitative estimate of drug-likeness (QED) is 0.595. The molecule has 0 aliphatic heterocycles. The second-order valence-corrected chi connectivity index (χ2v) is 5.15. The molecule has 0 spiro atoms. The van der Waals surface area contributed by atoms with Gasteiger partial charge in [-0.2, -0.15) is 0 Å². The molecule has 1 aromatic heterocycles. The minimum Gasteiger partial charge on any atom is -0.351 e. The zero-order valence-corrected chi connectivity index (χ0v) is 12.8. The first-order chi connectivity index (χ1) is 11.5. The lowest BCUT2D eigenvalue weighted by atomic mass is 10.2. The number of benzene rings is 2. The van der Waals surface area contributed by atoms with E-state index in [4.69, 9.17) is 0 Å². The summed E-state index contributed by atoms with van der Waals surface area (Å²) in [5, 5.41) is 8.42. The van der Waals surface area contributed by atoms with E-state index in [9.17, 15) is 14.0 Å². The molecular formula is C17H15FN4O2. The van der Waals surface area contributed by atoms with E-state index in [1.807, 2.05) is 0 Å². The van der Waals surface area contributed by atoms with Crippen LogP contribution in [0.1, 0.15) is 10.5 Å². The van der Waals surface area contributed by atoms with Crippen LogP contribution in [0.4, 0.5) is 20.6 Å². The molecule has 0 radical (unpaired) electrons. The van der Waals surface area contributed by atoms with Gasteiger partial charge in [0.05, 0.1) is 0 Å². The van der Waals surface area contributed by atoms with Crippen LogP contribution in [0.2, 0.25) is 0 Å². The predicted molar refractivity (Wildman–Crippen MR) is 90.7 cm³/mol. The smallest absolute Gasteiger partial charge is 0.318 e. The van der Waals surface area contributed by atoms with E-state index >= 15 is 0 Å². The van der Waals surface area contributed by atoms with Gasteiger partial charge in [-0.1, -0.05) is 6.07 Å². The second-order valence-electron chi connectivity index (χ2n) is 5.15. The zero-order valence-electron chi connectivity index (χ0n) is 12.8. The molecule has 4 N–H and O–H groups in total. The van der Waals surface area contributed by atoms with Gasteiger partial charge in [-0.25, -0.2) is 9.18 Å². The van der Waals surface area contributed by atoms with Gasteiger partial charge in [-0.3, -0.25) is 4.79 Å². The van der Waals surface area contributed by atoms with Crippen LogP contribution in [0.25, 0.3) is 10.9 Å². The molecule has 0 atom stereocenters. The van der Waals surface area contributed by atoms with Gasteiger partial charge in [0.2, 0.25) is 0 Å². The third-order valence-corrected chi connectivity index (χ3v) is 3.43. The predicted octanol–water partition coefficient (Wildman–Crippen LogP) is 3.31. The van der Waals surface area contributed by atoms with Crippen LogP contribution in [-0.2, 0) is 0 Å². The topological polar surface area (TPSA) is 86.0 Å². The Morgan fingerprint density at radius 2 is 1.75 bits per heavy atom. The number of nitrogens with one attached hydrogen (secondary N) is 4. The minimum atomic E-state index is -0.360. The number of urea groups is 1. The van der Waals surface area contributed by atoms with E-state index in [-0.39, 0.29) is 17.8 Å². The number of carbonyl (C=O) groups excluding carboxylic acids is 2. The molecule has 3 amide bonds. The molecule has 0 aliphatic carbocycles. The Hall–Kier alpha value is -3.35. The number of hydrogen-bond donors (Lipinski definition) is 4. The lowest BCUT2D eigenvalue weighted by Crippen LogP contribution is -2.24. The van der Waals surface area contributed by atoms with Crippen molar-refractivity contribution in [1.29, 1.82) is 0 Å². The van der Waals surface area contributed by atoms with Crippen LogP contribution < -0.4 is 16.0 Å². The Kier molecular flexibility index (Phi) is 4.15. The number of rotatable bonds is 3. The van der Waals surface area contributed by atoms with Crippen molar-refractivity contribution in [1.82, 2.24) is 10.3 Å². The normalized spacial score (nSPS) is 10.4. The molecular weight excluding hydrogens is 311 g/mol. The number of hydrogen-bond acceptors (Lipinski definition) is 2. The van der Waals surface area contributed by atoms with Crippen LogP contribution in [0.15, 0.2) is 48.5 Å². The third kappa shape index (κ3) is 3.35. The van der Waals surface area contributed by atoms with Crippen molar-refractivity contribution in [3.63, 3.8) is 0 Å². The number of amides is 3. The fourth-order valence-electron chi connectivity index (χ4n) is 2.29. The average molecular weight is 326 g/mol. The summed E-state index contributed by atoms with van der Waals surface area (Å²) in [4.78, 5) is 26.6. The van der Waals surface area contributed by atoms with E-state index in [1.165, 1.54) is 19.2 Å². The molecule has 0 unspecified atom stereocenters. The van der Waals surface area contributed by atoms with E-state index in [0.717, 1.165) is 0 Å². The van der Waals surface area contributed by atoms with Gasteiger partial charge < -0.3 is 20.9 Å². The summed E-state index contributed by atoms with van der Waals surface area (Å²) in [5.41, 5.74) is 2.07. The molecule has 24 heavy (non-hydrogen) atoms. The Morgan fingerprint density at radius 1 is 1.00 bits per heavy atom. The molecule has 7 heteroatoms. The highest BCUT2D eigenvalue weighted by Crippen LogP contribution is 2.19. The Labute approximate surface area is 137 Å². The highest BCUT2D eigenvalue weighted by molar-refractivity contribution is 6.06. The maximum absolute atomic E-state index is 13.2. The Bertz CT molecular complexity index is 920. The van der Waals surface area contributed by atoms with Gasteiger partial charge in [-0.15, -0.1) is 0 Å². The molecule has 3 rings (SSSR count). The lowest BCUT2D eigenvalue weighted by molar-refractivity contribution is 0.102. The fourth-order valence-corrected chi connectivity index (χ4v) is 2.29. The molecule has 0 bridgehead atoms. The van der Waals surface area contributed by atoms with Gasteiger partial charge in [0, 0.05) is 29.3 Å². The molecule has 3 aromatic rings. The van der Waals surface area contributed by atoms with Gasteiger partial charge in [-0.05, 0) is 42.5 Å². The van der Waals surface area contributed by atoms with Crippen molar-refractivity contribution in [3.05, 3.63) is 60.0 Å². The SMILES string of the molecule is CNC(=O)Nc1cccc(NC(=O)c2cc3cc(F)ccc3[nH]2)c1. The van der Waals surface area contributed by atoms with Crippen molar-refractivity contribution in [2.75, 3.05) is 17.7 Å². The van der Waals surface area contributed by atoms with E-state index in [1.54, 1.807) is 36.4 Å². The zero-order chi connectivity index (χ0) is 17.1. The van der Waals surface area contributed by atoms with Gasteiger partial charge in [0.25, 0.3) is 5.91 Å². The van der Waals surface area contributed by atoms with Crippen molar-refractivity contribution in [2.45, 2.75) is 0 Å². The summed E-state index contributed by atoms with van der Waals surface area (Å²) in [7, 11) is 1.51. The van der Waals surface area contributed by atoms with E-state index < -0.39 is 0 Å². The number of carbonyl (C=O) groups is 2. The third-order valence-electron chi connectivity index (χ3n) is 3.43. The number of halogens is 1. The van der Waals surface area contributed by atoms with Crippen LogP contribution in [0, 0.1) is 5.82 Å². The standard InChI is InChI=1S/C17H15FN4O2/c1-19-17(24)21-13-4-2-3-12(9-13)20-16(23)15-8-10-7-11(18)5-6-14(10)22-15/h2-9,22H,1H3,(H,20,23)(H2,19,21,24). The minimum absolute atomic E-state index is 0.320. The van der Waals surface area contributed by atoms with E-state index in [2.05, 4.69) is 20.9 Å². The summed E-state index contributed by atoms with van der Waals surface area (Å²) in [5.74, 6) is -0.717. The van der Waals surface area contributed by atoms with Gasteiger partial charge >= 0.3 is 6.03 Å². The summed E-state index contributed by atoms with van der Waals surface area (Å²) >= 11 is 0. The summed E-state index contributed by atoms with van der Waals surface area (Å²) < 4.78 is 13.2. The summed E-state index contributed by atoms with van der Waals surface area (Å²) in [6.07, 6.45) is 0. The molecule has 122 valence electrons. The highest BCUT2D eigenvalue weighted by Gasteiger charge is 2.11. The van der Waals surface area contributed by atoms with Gasteiger partial charge in [0.15, 0.2) is 0 Å². The van der Waals surface area contributed by atoms with Crippen molar-refractivity contribution >= 4 is 34.2 Å². The van der Waals surface area contributed by atoms with Crippen LogP contribution in [-0.4, -0.2) is 24.0 Å². The highest BCUT2D eigenvalue weighted by atomic mass is 19.1. The summed E-state index contributed by atoms with van der Waals surface area (Å²) in [6, 6.07) is 12.2. The first-order valence-electron chi connectivity index (χ1n) is 7.23. The van der Waals surface area contributed by atoms with Crippen molar-refractivity contribution < 1.29 is 14.0 Å². The Balaban J connectivity index is 1.78. The molecule has 0 fully saturated rings. The number of aromatic nitrogens is 1. The molecule has 0 saturated heterocycles. The maximum Gasteiger partial charge on any atom is 0.318 e. The van der Waals surface area contributed by atoms with Crippen molar-refractivity contribution in [3.8, 4) is 0 Å². The van der Waals surface area contributed by atoms with Gasteiger partial charge in [0.1, 0.15) is 11.5 Å². The van der Waals surface area contributed by atoms with E-state index in [0.29, 0.717) is 28.0 Å².